The van der Waals surface area contributed by atoms with Gasteiger partial charge in [0.05, 0.1) is 17.2 Å². The Morgan fingerprint density at radius 3 is 2.74 bits per heavy atom. The minimum atomic E-state index is -1.36. The molecule has 0 fully saturated rings. The highest BCUT2D eigenvalue weighted by Gasteiger charge is 2.23. The molecule has 0 spiro atoms. The van der Waals surface area contributed by atoms with Crippen LogP contribution in [0.15, 0.2) is 35.4 Å². The molecule has 0 aliphatic heterocycles. The Hall–Kier alpha value is -2.37. The summed E-state index contributed by atoms with van der Waals surface area (Å²) in [5.41, 5.74) is 0.0679. The molecule has 0 saturated heterocycles. The molecule has 0 amide bonds. The van der Waals surface area contributed by atoms with Gasteiger partial charge in [-0.2, -0.15) is 0 Å². The highest BCUT2D eigenvalue weighted by atomic mass is 19.1. The summed E-state index contributed by atoms with van der Waals surface area (Å²) < 4.78 is 13.2. The molecule has 1 aromatic heterocycles. The van der Waals surface area contributed by atoms with Crippen LogP contribution in [0.2, 0.25) is 0 Å². The van der Waals surface area contributed by atoms with Crippen molar-refractivity contribution in [1.29, 1.82) is 0 Å². The number of para-hydroxylation sites is 1. The highest BCUT2D eigenvalue weighted by molar-refractivity contribution is 6.39. The number of hydrogen-bond acceptors (Lipinski definition) is 4. The van der Waals surface area contributed by atoms with Gasteiger partial charge in [-0.25, -0.2) is 9.37 Å². The summed E-state index contributed by atoms with van der Waals surface area (Å²) in [4.78, 5) is 38.8. The molecule has 98 valence electrons. The second kappa shape index (κ2) is 5.09. The molecule has 0 radical (unpaired) electrons. The van der Waals surface area contributed by atoms with Crippen molar-refractivity contribution in [1.82, 2.24) is 9.55 Å². The Balaban J connectivity index is 2.52. The van der Waals surface area contributed by atoms with E-state index < -0.39 is 29.8 Å². The van der Waals surface area contributed by atoms with Gasteiger partial charge in [-0.3, -0.25) is 19.0 Å². The number of alkyl halides is 1. The molecule has 1 aromatic carbocycles. The zero-order valence-corrected chi connectivity index (χ0v) is 10.2. The molecule has 5 nitrogen and oxygen atoms in total. The first-order valence-electron chi connectivity index (χ1n) is 5.65. The number of rotatable bonds is 4. The number of hydrogen-bond donors (Lipinski definition) is 0. The molecule has 0 N–H and O–H groups in total. The minimum Gasteiger partial charge on any atom is -0.288 e. The van der Waals surface area contributed by atoms with Gasteiger partial charge in [0.2, 0.25) is 11.6 Å². The van der Waals surface area contributed by atoms with Crippen LogP contribution in [0, 0.1) is 0 Å². The van der Waals surface area contributed by atoms with E-state index in [9.17, 15) is 18.8 Å². The first-order valence-corrected chi connectivity index (χ1v) is 5.65. The smallest absolute Gasteiger partial charge is 0.261 e. The Kier molecular flexibility index (Phi) is 3.50. The quantitative estimate of drug-likeness (QED) is 0.773. The average molecular weight is 262 g/mol. The van der Waals surface area contributed by atoms with E-state index in [2.05, 4.69) is 4.98 Å². The number of aromatic nitrogens is 2. The Bertz CT molecular complexity index is 708. The lowest BCUT2D eigenvalue weighted by Crippen LogP contribution is -2.32. The molecular weight excluding hydrogens is 251 g/mol. The molecule has 0 aliphatic carbocycles. The second-order valence-corrected chi connectivity index (χ2v) is 4.07. The van der Waals surface area contributed by atoms with E-state index in [-0.39, 0.29) is 0 Å². The minimum absolute atomic E-state index is 0.345. The van der Waals surface area contributed by atoms with Gasteiger partial charge < -0.3 is 0 Å². The standard InChI is InChI=1S/C13H11FN2O3/c1-8(12(18)11(17)6-14)16-7-15-10-5-3-2-4-9(10)13(16)19/h2-5,7-8H,6H2,1H3/t8-/m0/s1. The van der Waals surface area contributed by atoms with Crippen LogP contribution in [-0.2, 0) is 9.59 Å². The first kappa shape index (κ1) is 13.1. The Morgan fingerprint density at radius 1 is 1.37 bits per heavy atom. The number of nitrogens with zero attached hydrogens (tertiary/aromatic N) is 2. The van der Waals surface area contributed by atoms with Crippen LogP contribution >= 0.6 is 0 Å². The number of benzene rings is 1. The van der Waals surface area contributed by atoms with Gasteiger partial charge in [0.25, 0.3) is 5.56 Å². The van der Waals surface area contributed by atoms with Crippen LogP contribution in [0.4, 0.5) is 4.39 Å². The van der Waals surface area contributed by atoms with Crippen molar-refractivity contribution in [3.05, 3.63) is 40.9 Å². The largest absolute Gasteiger partial charge is 0.288 e. The summed E-state index contributed by atoms with van der Waals surface area (Å²) in [5.74, 6) is -2.09. The van der Waals surface area contributed by atoms with Crippen LogP contribution in [0.1, 0.15) is 13.0 Å². The molecule has 0 aliphatic rings. The molecule has 1 atom stereocenters. The number of carbonyl (C=O) groups is 2. The van der Waals surface area contributed by atoms with Crippen LogP contribution < -0.4 is 5.56 Å². The zero-order chi connectivity index (χ0) is 14.0. The maximum atomic E-state index is 12.2. The van der Waals surface area contributed by atoms with Crippen molar-refractivity contribution >= 4 is 22.5 Å². The van der Waals surface area contributed by atoms with Gasteiger partial charge in [-0.15, -0.1) is 0 Å². The number of carbonyl (C=O) groups excluding carboxylic acids is 2. The van der Waals surface area contributed by atoms with Crippen LogP contribution in [-0.4, -0.2) is 27.8 Å². The Labute approximate surface area is 107 Å². The van der Waals surface area contributed by atoms with Crippen molar-refractivity contribution < 1.29 is 14.0 Å². The molecule has 0 saturated carbocycles. The van der Waals surface area contributed by atoms with Crippen molar-refractivity contribution in [2.75, 3.05) is 6.67 Å². The summed E-state index contributed by atoms with van der Waals surface area (Å²) in [5, 5.41) is 0.345. The summed E-state index contributed by atoms with van der Waals surface area (Å²) in [6, 6.07) is 5.60. The monoisotopic (exact) mass is 262 g/mol. The number of ketones is 2. The molecule has 19 heavy (non-hydrogen) atoms. The predicted molar refractivity (Wildman–Crippen MR) is 66.7 cm³/mol. The third-order valence-electron chi connectivity index (χ3n) is 2.88. The maximum absolute atomic E-state index is 12.2. The van der Waals surface area contributed by atoms with Gasteiger partial charge in [-0.1, -0.05) is 12.1 Å². The van der Waals surface area contributed by atoms with Crippen LogP contribution in [0.3, 0.4) is 0 Å². The molecule has 6 heteroatoms. The van der Waals surface area contributed by atoms with Gasteiger partial charge in [0, 0.05) is 0 Å². The molecule has 1 heterocycles. The maximum Gasteiger partial charge on any atom is 0.261 e. The summed E-state index contributed by atoms with van der Waals surface area (Å²) in [6.45, 7) is 0.00663. The van der Waals surface area contributed by atoms with Crippen molar-refractivity contribution in [3.8, 4) is 0 Å². The first-order chi connectivity index (χ1) is 9.06. The van der Waals surface area contributed by atoms with Crippen molar-refractivity contribution in [2.24, 2.45) is 0 Å². The van der Waals surface area contributed by atoms with Gasteiger partial charge in [0.15, 0.2) is 6.67 Å². The summed E-state index contributed by atoms with van der Waals surface area (Å²) >= 11 is 0. The third-order valence-corrected chi connectivity index (χ3v) is 2.88. The van der Waals surface area contributed by atoms with E-state index in [0.29, 0.717) is 10.9 Å². The van der Waals surface area contributed by atoms with E-state index in [1.807, 2.05) is 0 Å². The van der Waals surface area contributed by atoms with Gasteiger partial charge in [0.1, 0.15) is 6.04 Å². The number of Topliss-reactive ketones (excluding diaryl/α,β-unsaturated/α-hetero) is 2. The van der Waals surface area contributed by atoms with E-state index in [1.54, 1.807) is 24.3 Å². The molecule has 2 rings (SSSR count). The second-order valence-electron chi connectivity index (χ2n) is 4.07. The number of halogens is 1. The molecule has 0 unspecified atom stereocenters. The van der Waals surface area contributed by atoms with Crippen molar-refractivity contribution in [2.45, 2.75) is 13.0 Å². The lowest BCUT2D eigenvalue weighted by molar-refractivity contribution is -0.138. The highest BCUT2D eigenvalue weighted by Crippen LogP contribution is 2.09. The normalized spacial score (nSPS) is 12.3. The predicted octanol–water partition coefficient (Wildman–Crippen LogP) is 1.07. The van der Waals surface area contributed by atoms with Gasteiger partial charge in [-0.05, 0) is 19.1 Å². The van der Waals surface area contributed by atoms with E-state index in [0.717, 1.165) is 4.57 Å². The van der Waals surface area contributed by atoms with Crippen LogP contribution in [0.5, 0.6) is 0 Å². The fourth-order valence-electron chi connectivity index (χ4n) is 1.78. The van der Waals surface area contributed by atoms with E-state index in [1.165, 1.54) is 13.3 Å². The summed E-state index contributed by atoms with van der Waals surface area (Å²) in [6.07, 6.45) is 1.19. The molecular formula is C13H11FN2O3. The Morgan fingerprint density at radius 2 is 2.05 bits per heavy atom. The topological polar surface area (TPSA) is 69.0 Å². The number of fused-ring (bicyclic) bond motifs is 1. The van der Waals surface area contributed by atoms with E-state index >= 15 is 0 Å². The molecule has 2 aromatic rings. The third kappa shape index (κ3) is 2.29. The zero-order valence-electron chi connectivity index (χ0n) is 10.2. The van der Waals surface area contributed by atoms with Crippen LogP contribution in [0.25, 0.3) is 10.9 Å². The van der Waals surface area contributed by atoms with E-state index in [4.69, 9.17) is 0 Å². The lowest BCUT2D eigenvalue weighted by atomic mass is 10.1. The summed E-state index contributed by atoms with van der Waals surface area (Å²) in [7, 11) is 0. The molecule has 0 bridgehead atoms. The van der Waals surface area contributed by atoms with Crippen molar-refractivity contribution in [3.63, 3.8) is 0 Å². The fourth-order valence-corrected chi connectivity index (χ4v) is 1.78. The fraction of sp³-hybridized carbons (Fsp3) is 0.231. The SMILES string of the molecule is C[C@@H](C(=O)C(=O)CF)n1cnc2ccccc2c1=O. The lowest BCUT2D eigenvalue weighted by Gasteiger charge is -2.12. The van der Waals surface area contributed by atoms with Gasteiger partial charge >= 0.3 is 0 Å². The average Bonchev–Trinajstić information content (AvgIpc) is 2.45.